The minimum Gasteiger partial charge on any atom is -0.490 e. The van der Waals surface area contributed by atoms with Crippen LogP contribution in [0.25, 0.3) is 11.3 Å². The Labute approximate surface area is 139 Å². The van der Waals surface area contributed by atoms with Crippen LogP contribution in [0.1, 0.15) is 33.4 Å². The molecule has 0 saturated carbocycles. The van der Waals surface area contributed by atoms with E-state index in [4.69, 9.17) is 16.3 Å². The lowest BCUT2D eigenvalue weighted by Crippen LogP contribution is -2.08. The Morgan fingerprint density at radius 3 is 2.62 bits per heavy atom. The first kappa shape index (κ1) is 16.4. The summed E-state index contributed by atoms with van der Waals surface area (Å²) in [6, 6.07) is 6.00. The van der Waals surface area contributed by atoms with Gasteiger partial charge in [-0.25, -0.2) is 0 Å². The number of rotatable bonds is 5. The molecule has 0 unspecified atom stereocenters. The first-order valence-electron chi connectivity index (χ1n) is 7.19. The van der Waals surface area contributed by atoms with Crippen LogP contribution in [-0.2, 0) is 13.0 Å². The van der Waals surface area contributed by atoms with Gasteiger partial charge in [0.15, 0.2) is 0 Å². The van der Waals surface area contributed by atoms with Gasteiger partial charge < -0.3 is 4.74 Å². The van der Waals surface area contributed by atoms with Crippen LogP contribution in [0.15, 0.2) is 22.7 Å². The maximum absolute atomic E-state index is 6.54. The van der Waals surface area contributed by atoms with Crippen LogP contribution >= 0.6 is 27.5 Å². The molecule has 0 aliphatic carbocycles. The van der Waals surface area contributed by atoms with E-state index >= 15 is 0 Å². The average Bonchev–Trinajstić information content (AvgIpc) is 2.75. The fourth-order valence-corrected chi connectivity index (χ4v) is 2.96. The van der Waals surface area contributed by atoms with E-state index in [1.807, 2.05) is 36.7 Å². The molecule has 1 aromatic carbocycles. The van der Waals surface area contributed by atoms with E-state index in [0.29, 0.717) is 0 Å². The molecule has 0 fully saturated rings. The predicted octanol–water partition coefficient (Wildman–Crippen LogP) is 5.34. The summed E-state index contributed by atoms with van der Waals surface area (Å²) in [6.07, 6.45) is 0.913. The largest absolute Gasteiger partial charge is 0.490 e. The molecule has 1 heterocycles. The van der Waals surface area contributed by atoms with Crippen molar-refractivity contribution in [2.45, 2.75) is 46.8 Å². The zero-order chi connectivity index (χ0) is 15.6. The van der Waals surface area contributed by atoms with Crippen LogP contribution in [0, 0.1) is 0 Å². The average molecular weight is 372 g/mol. The molecule has 114 valence electrons. The lowest BCUT2D eigenvalue weighted by Gasteiger charge is -2.15. The molecule has 21 heavy (non-hydrogen) atoms. The number of ether oxygens (including phenoxy) is 1. The highest BCUT2D eigenvalue weighted by Crippen LogP contribution is 2.38. The van der Waals surface area contributed by atoms with E-state index in [1.165, 1.54) is 0 Å². The number of hydrogen-bond acceptors (Lipinski definition) is 2. The number of benzene rings is 1. The minimum absolute atomic E-state index is 0.0977. The molecule has 0 N–H and O–H groups in total. The van der Waals surface area contributed by atoms with Gasteiger partial charge in [-0.2, -0.15) is 5.10 Å². The SMILES string of the molecule is CCc1nn(CC)c(-c2ccc(Br)cc2OC(C)C)c1Cl. The highest BCUT2D eigenvalue weighted by molar-refractivity contribution is 9.10. The Morgan fingerprint density at radius 2 is 2.05 bits per heavy atom. The third kappa shape index (κ3) is 3.43. The topological polar surface area (TPSA) is 27.1 Å². The van der Waals surface area contributed by atoms with Crippen LogP contribution in [0.2, 0.25) is 5.02 Å². The molecule has 0 spiro atoms. The van der Waals surface area contributed by atoms with Crippen molar-refractivity contribution in [3.63, 3.8) is 0 Å². The Kier molecular flexibility index (Phi) is 5.33. The maximum atomic E-state index is 6.54. The van der Waals surface area contributed by atoms with E-state index in [9.17, 15) is 0 Å². The van der Waals surface area contributed by atoms with E-state index < -0.39 is 0 Å². The molecule has 3 nitrogen and oxygen atoms in total. The van der Waals surface area contributed by atoms with Gasteiger partial charge in [0.1, 0.15) is 5.75 Å². The molecular weight excluding hydrogens is 352 g/mol. The second kappa shape index (κ2) is 6.84. The zero-order valence-corrected chi connectivity index (χ0v) is 15.1. The number of nitrogens with zero attached hydrogens (tertiary/aromatic N) is 2. The van der Waals surface area contributed by atoms with Gasteiger partial charge in [0.2, 0.25) is 0 Å². The van der Waals surface area contributed by atoms with Crippen LogP contribution < -0.4 is 4.74 Å². The fourth-order valence-electron chi connectivity index (χ4n) is 2.24. The van der Waals surface area contributed by atoms with Crippen molar-refractivity contribution in [2.75, 3.05) is 0 Å². The van der Waals surface area contributed by atoms with Crippen LogP contribution in [0.4, 0.5) is 0 Å². The molecule has 0 bridgehead atoms. The van der Waals surface area contributed by atoms with Crippen LogP contribution in [0.3, 0.4) is 0 Å². The standard InChI is InChI=1S/C16H20BrClN2O/c1-5-13-15(18)16(20(6-2)19-13)12-8-7-11(17)9-14(12)21-10(3)4/h7-10H,5-6H2,1-4H3. The molecule has 1 aromatic heterocycles. The number of hydrogen-bond donors (Lipinski definition) is 0. The third-order valence-corrected chi connectivity index (χ3v) is 4.05. The number of aromatic nitrogens is 2. The number of aryl methyl sites for hydroxylation is 2. The van der Waals surface area contributed by atoms with Gasteiger partial charge in [-0.05, 0) is 45.4 Å². The Morgan fingerprint density at radius 1 is 1.33 bits per heavy atom. The molecule has 5 heteroatoms. The summed E-state index contributed by atoms with van der Waals surface area (Å²) in [6.45, 7) is 8.92. The second-order valence-corrected chi connectivity index (χ2v) is 6.38. The fraction of sp³-hybridized carbons (Fsp3) is 0.438. The van der Waals surface area contributed by atoms with Crippen molar-refractivity contribution in [2.24, 2.45) is 0 Å². The summed E-state index contributed by atoms with van der Waals surface area (Å²) in [4.78, 5) is 0. The molecule has 0 atom stereocenters. The summed E-state index contributed by atoms with van der Waals surface area (Å²) in [5.41, 5.74) is 2.83. The summed E-state index contributed by atoms with van der Waals surface area (Å²) >= 11 is 10.0. The van der Waals surface area contributed by atoms with Crippen molar-refractivity contribution >= 4 is 27.5 Å². The Balaban J connectivity index is 2.63. The van der Waals surface area contributed by atoms with Crippen molar-refractivity contribution in [1.29, 1.82) is 0 Å². The maximum Gasteiger partial charge on any atom is 0.130 e. The molecule has 2 rings (SSSR count). The van der Waals surface area contributed by atoms with Gasteiger partial charge in [-0.1, -0.05) is 34.5 Å². The molecule has 0 radical (unpaired) electrons. The second-order valence-electron chi connectivity index (χ2n) is 5.09. The van der Waals surface area contributed by atoms with Crippen molar-refractivity contribution in [1.82, 2.24) is 9.78 Å². The van der Waals surface area contributed by atoms with Gasteiger partial charge in [-0.3, -0.25) is 4.68 Å². The van der Waals surface area contributed by atoms with Crippen molar-refractivity contribution in [3.05, 3.63) is 33.4 Å². The Bertz CT molecular complexity index is 637. The third-order valence-electron chi connectivity index (χ3n) is 3.16. The van der Waals surface area contributed by atoms with Gasteiger partial charge in [0, 0.05) is 16.6 Å². The van der Waals surface area contributed by atoms with Crippen LogP contribution in [0.5, 0.6) is 5.75 Å². The van der Waals surface area contributed by atoms with E-state index in [2.05, 4.69) is 34.9 Å². The normalized spacial score (nSPS) is 11.2. The highest BCUT2D eigenvalue weighted by Gasteiger charge is 2.20. The first-order valence-corrected chi connectivity index (χ1v) is 8.36. The molecule has 0 amide bonds. The van der Waals surface area contributed by atoms with Crippen LogP contribution in [-0.4, -0.2) is 15.9 Å². The van der Waals surface area contributed by atoms with Gasteiger partial charge in [0.05, 0.1) is 22.5 Å². The van der Waals surface area contributed by atoms with Gasteiger partial charge >= 0.3 is 0 Å². The summed E-state index contributed by atoms with van der Waals surface area (Å²) in [7, 11) is 0. The molecule has 0 aliphatic heterocycles. The van der Waals surface area contributed by atoms with Gasteiger partial charge in [-0.15, -0.1) is 0 Å². The molecule has 0 aliphatic rings. The molecule has 0 saturated heterocycles. The summed E-state index contributed by atoms with van der Waals surface area (Å²) < 4.78 is 8.87. The molecule has 2 aromatic rings. The zero-order valence-electron chi connectivity index (χ0n) is 12.8. The Hall–Kier alpha value is -1.00. The quantitative estimate of drug-likeness (QED) is 0.709. The monoisotopic (exact) mass is 370 g/mol. The lowest BCUT2D eigenvalue weighted by atomic mass is 10.1. The van der Waals surface area contributed by atoms with Crippen molar-refractivity contribution < 1.29 is 4.74 Å². The van der Waals surface area contributed by atoms with E-state index in [0.717, 1.165) is 45.2 Å². The van der Waals surface area contributed by atoms with E-state index in [-0.39, 0.29) is 6.10 Å². The minimum atomic E-state index is 0.0977. The summed E-state index contributed by atoms with van der Waals surface area (Å²) in [5.74, 6) is 0.818. The first-order chi connectivity index (χ1) is 9.97. The molecular formula is C16H20BrClN2O. The smallest absolute Gasteiger partial charge is 0.130 e. The van der Waals surface area contributed by atoms with E-state index in [1.54, 1.807) is 0 Å². The lowest BCUT2D eigenvalue weighted by molar-refractivity contribution is 0.243. The number of halogens is 2. The van der Waals surface area contributed by atoms with Gasteiger partial charge in [0.25, 0.3) is 0 Å². The van der Waals surface area contributed by atoms with Crippen molar-refractivity contribution in [3.8, 4) is 17.0 Å². The predicted molar refractivity (Wildman–Crippen MR) is 91.2 cm³/mol. The highest BCUT2D eigenvalue weighted by atomic mass is 79.9. The summed E-state index contributed by atoms with van der Waals surface area (Å²) in [5, 5.41) is 5.30.